The van der Waals surface area contributed by atoms with Crippen LogP contribution in [0.4, 0.5) is 0 Å². The molecular formula is C25H30N2O5S. The Labute approximate surface area is 195 Å². The van der Waals surface area contributed by atoms with Gasteiger partial charge < -0.3 is 10.1 Å². The molecule has 1 aliphatic rings. The van der Waals surface area contributed by atoms with Crippen molar-refractivity contribution in [3.63, 3.8) is 0 Å². The van der Waals surface area contributed by atoms with E-state index >= 15 is 0 Å². The normalized spacial score (nSPS) is 15.2. The van der Waals surface area contributed by atoms with E-state index in [2.05, 4.69) is 10.1 Å². The van der Waals surface area contributed by atoms with Gasteiger partial charge in [0.05, 0.1) is 17.6 Å². The maximum Gasteiger partial charge on any atom is 0.337 e. The lowest BCUT2D eigenvalue weighted by atomic mass is 10.1. The molecule has 0 atom stereocenters. The van der Waals surface area contributed by atoms with E-state index in [0.29, 0.717) is 31.6 Å². The highest BCUT2D eigenvalue weighted by Gasteiger charge is 2.24. The second kappa shape index (κ2) is 11.8. The molecule has 1 N–H and O–H groups in total. The monoisotopic (exact) mass is 470 g/mol. The van der Waals surface area contributed by atoms with Crippen molar-refractivity contribution in [2.75, 3.05) is 26.7 Å². The van der Waals surface area contributed by atoms with Crippen LogP contribution in [0.3, 0.4) is 0 Å². The first kappa shape index (κ1) is 24.7. The van der Waals surface area contributed by atoms with Crippen LogP contribution in [0, 0.1) is 0 Å². The van der Waals surface area contributed by atoms with Crippen LogP contribution in [0.25, 0.3) is 6.08 Å². The zero-order valence-corrected chi connectivity index (χ0v) is 19.6. The van der Waals surface area contributed by atoms with Gasteiger partial charge in [-0.05, 0) is 60.7 Å². The van der Waals surface area contributed by atoms with Crippen LogP contribution >= 0.6 is 0 Å². The topological polar surface area (TPSA) is 92.8 Å². The Hall–Kier alpha value is -2.97. The molecule has 0 unspecified atom stereocenters. The molecule has 0 aliphatic carbocycles. The van der Waals surface area contributed by atoms with Crippen molar-refractivity contribution < 1.29 is 22.7 Å². The first-order valence-corrected chi connectivity index (χ1v) is 12.6. The minimum absolute atomic E-state index is 0.234. The first-order valence-electron chi connectivity index (χ1n) is 11.1. The van der Waals surface area contributed by atoms with Crippen molar-refractivity contribution in [2.45, 2.75) is 37.0 Å². The number of sulfonamides is 1. The maximum atomic E-state index is 12.8. The van der Waals surface area contributed by atoms with Gasteiger partial charge in [0.1, 0.15) is 0 Å². The van der Waals surface area contributed by atoms with Crippen LogP contribution in [0.15, 0.2) is 59.5 Å². The number of methoxy groups -OCH3 is 1. The maximum absolute atomic E-state index is 12.8. The van der Waals surface area contributed by atoms with E-state index in [0.717, 1.165) is 36.8 Å². The van der Waals surface area contributed by atoms with Gasteiger partial charge in [-0.2, -0.15) is 4.31 Å². The highest BCUT2D eigenvalue weighted by atomic mass is 32.2. The zero-order valence-electron chi connectivity index (χ0n) is 18.8. The Balaban J connectivity index is 1.49. The standard InChI is InChI=1S/C25H30N2O5S/c1-32-25(29)22-11-6-21(7-12-22)16-17-26-24(28)15-10-20-8-13-23(14-9-20)33(30,31)27-18-4-2-3-5-19-27/h6-15H,2-5,16-19H2,1H3,(H,26,28)/b15-10+. The Kier molecular flexibility index (Phi) is 8.79. The summed E-state index contributed by atoms with van der Waals surface area (Å²) in [5, 5.41) is 2.81. The molecule has 1 aliphatic heterocycles. The molecular weight excluding hydrogens is 440 g/mol. The summed E-state index contributed by atoms with van der Waals surface area (Å²) < 4.78 is 31.9. The average Bonchev–Trinajstić information content (AvgIpc) is 3.13. The molecule has 0 aromatic heterocycles. The summed E-state index contributed by atoms with van der Waals surface area (Å²) in [6.07, 6.45) is 7.65. The summed E-state index contributed by atoms with van der Waals surface area (Å²) in [5.41, 5.74) is 2.23. The van der Waals surface area contributed by atoms with Gasteiger partial charge >= 0.3 is 5.97 Å². The van der Waals surface area contributed by atoms with E-state index in [1.807, 2.05) is 12.1 Å². The molecule has 1 saturated heterocycles. The lowest BCUT2D eigenvalue weighted by Crippen LogP contribution is -2.31. The summed E-state index contributed by atoms with van der Waals surface area (Å²) in [5.74, 6) is -0.616. The third-order valence-electron chi connectivity index (χ3n) is 5.60. The molecule has 2 aromatic carbocycles. The summed E-state index contributed by atoms with van der Waals surface area (Å²) >= 11 is 0. The average molecular weight is 471 g/mol. The zero-order chi connectivity index (χ0) is 23.7. The van der Waals surface area contributed by atoms with E-state index < -0.39 is 10.0 Å². The molecule has 8 heteroatoms. The van der Waals surface area contributed by atoms with E-state index in [9.17, 15) is 18.0 Å². The Bertz CT molecular complexity index is 1070. The van der Waals surface area contributed by atoms with E-state index in [-0.39, 0.29) is 16.8 Å². The lowest BCUT2D eigenvalue weighted by Gasteiger charge is -2.19. The highest BCUT2D eigenvalue weighted by molar-refractivity contribution is 7.89. The number of rotatable bonds is 8. The molecule has 176 valence electrons. The molecule has 33 heavy (non-hydrogen) atoms. The van der Waals surface area contributed by atoms with E-state index in [1.54, 1.807) is 46.8 Å². The van der Waals surface area contributed by atoms with Crippen molar-refractivity contribution >= 4 is 28.0 Å². The number of nitrogens with zero attached hydrogens (tertiary/aromatic N) is 1. The van der Waals surface area contributed by atoms with Crippen molar-refractivity contribution in [3.05, 3.63) is 71.3 Å². The van der Waals surface area contributed by atoms with Gasteiger partial charge in [0.15, 0.2) is 0 Å². The predicted octanol–water partition coefficient (Wildman–Crippen LogP) is 3.41. The van der Waals surface area contributed by atoms with Crippen molar-refractivity contribution in [1.29, 1.82) is 0 Å². The molecule has 0 spiro atoms. The minimum atomic E-state index is -3.48. The van der Waals surface area contributed by atoms with Crippen molar-refractivity contribution in [2.24, 2.45) is 0 Å². The third-order valence-corrected chi connectivity index (χ3v) is 7.51. The fourth-order valence-electron chi connectivity index (χ4n) is 3.67. The first-order chi connectivity index (χ1) is 15.9. The van der Waals surface area contributed by atoms with Gasteiger partial charge in [0.25, 0.3) is 0 Å². The van der Waals surface area contributed by atoms with Gasteiger partial charge in [-0.15, -0.1) is 0 Å². The third kappa shape index (κ3) is 7.00. The number of carbonyl (C=O) groups excluding carboxylic acids is 2. The summed E-state index contributed by atoms with van der Waals surface area (Å²) in [4.78, 5) is 23.8. The molecule has 1 fully saturated rings. The Morgan fingerprint density at radius 1 is 0.970 bits per heavy atom. The van der Waals surface area contributed by atoms with E-state index in [1.165, 1.54) is 13.2 Å². The number of nitrogens with one attached hydrogen (secondary N) is 1. The minimum Gasteiger partial charge on any atom is -0.465 e. The largest absolute Gasteiger partial charge is 0.465 e. The SMILES string of the molecule is COC(=O)c1ccc(CCNC(=O)/C=C/c2ccc(S(=O)(=O)N3CCCCCC3)cc2)cc1. The summed E-state index contributed by atoms with van der Waals surface area (Å²) in [7, 11) is -2.14. The van der Waals surface area contributed by atoms with Crippen LogP contribution in [-0.4, -0.2) is 51.3 Å². The van der Waals surface area contributed by atoms with Crippen molar-refractivity contribution in [3.8, 4) is 0 Å². The number of hydrogen-bond acceptors (Lipinski definition) is 5. The Morgan fingerprint density at radius 3 is 2.21 bits per heavy atom. The number of ether oxygens (including phenoxy) is 1. The second-order valence-electron chi connectivity index (χ2n) is 7.95. The fourth-order valence-corrected chi connectivity index (χ4v) is 5.19. The van der Waals surface area contributed by atoms with Crippen LogP contribution in [0.2, 0.25) is 0 Å². The molecule has 3 rings (SSSR count). The number of benzene rings is 2. The van der Waals surface area contributed by atoms with Crippen LogP contribution in [-0.2, 0) is 26.0 Å². The number of amides is 1. The smallest absolute Gasteiger partial charge is 0.337 e. The molecule has 0 radical (unpaired) electrons. The van der Waals surface area contributed by atoms with Crippen LogP contribution < -0.4 is 5.32 Å². The quantitative estimate of drug-likeness (QED) is 0.471. The molecule has 1 amide bonds. The van der Waals surface area contributed by atoms with Gasteiger partial charge in [0.2, 0.25) is 15.9 Å². The van der Waals surface area contributed by atoms with Gasteiger partial charge in [-0.1, -0.05) is 37.1 Å². The highest BCUT2D eigenvalue weighted by Crippen LogP contribution is 2.21. The predicted molar refractivity (Wildman–Crippen MR) is 127 cm³/mol. The van der Waals surface area contributed by atoms with Gasteiger partial charge in [0, 0.05) is 25.7 Å². The molecule has 2 aromatic rings. The fraction of sp³-hybridized carbons (Fsp3) is 0.360. The second-order valence-corrected chi connectivity index (χ2v) is 9.89. The molecule has 0 saturated carbocycles. The van der Waals surface area contributed by atoms with Gasteiger partial charge in [-0.3, -0.25) is 4.79 Å². The molecule has 1 heterocycles. The number of esters is 1. The van der Waals surface area contributed by atoms with Gasteiger partial charge in [-0.25, -0.2) is 13.2 Å². The van der Waals surface area contributed by atoms with Crippen molar-refractivity contribution in [1.82, 2.24) is 9.62 Å². The molecule has 0 bridgehead atoms. The molecule has 7 nitrogen and oxygen atoms in total. The summed E-state index contributed by atoms with van der Waals surface area (Å²) in [6, 6.07) is 13.6. The number of carbonyl (C=O) groups is 2. The number of hydrogen-bond donors (Lipinski definition) is 1. The van der Waals surface area contributed by atoms with Crippen LogP contribution in [0.5, 0.6) is 0 Å². The Morgan fingerprint density at radius 2 is 1.61 bits per heavy atom. The summed E-state index contributed by atoms with van der Waals surface area (Å²) in [6.45, 7) is 1.59. The van der Waals surface area contributed by atoms with Crippen LogP contribution in [0.1, 0.15) is 47.2 Å². The lowest BCUT2D eigenvalue weighted by molar-refractivity contribution is -0.116. The van der Waals surface area contributed by atoms with E-state index in [4.69, 9.17) is 0 Å².